The number of sulfonamides is 1. The third-order valence-corrected chi connectivity index (χ3v) is 7.21. The Balaban J connectivity index is 1.40. The third kappa shape index (κ3) is 3.63. The van der Waals surface area contributed by atoms with Crippen LogP contribution in [-0.2, 0) is 10.0 Å². The van der Waals surface area contributed by atoms with Crippen LogP contribution in [0, 0.1) is 0 Å². The van der Waals surface area contributed by atoms with Gasteiger partial charge in [0.25, 0.3) is 10.0 Å². The predicted molar refractivity (Wildman–Crippen MR) is 102 cm³/mol. The molecule has 146 valence electrons. The fourth-order valence-electron chi connectivity index (χ4n) is 3.76. The van der Waals surface area contributed by atoms with Crippen LogP contribution in [0.5, 0.6) is 0 Å². The van der Waals surface area contributed by atoms with Gasteiger partial charge in [-0.25, -0.2) is 13.4 Å². The highest BCUT2D eigenvalue weighted by molar-refractivity contribution is 7.89. The van der Waals surface area contributed by atoms with Crippen molar-refractivity contribution in [3.63, 3.8) is 0 Å². The molecule has 2 aliphatic heterocycles. The van der Waals surface area contributed by atoms with Crippen LogP contribution in [-0.4, -0.2) is 71.7 Å². The summed E-state index contributed by atoms with van der Waals surface area (Å²) in [5.41, 5.74) is 0. The zero-order valence-corrected chi connectivity index (χ0v) is 16.3. The number of hydrogen-bond donors (Lipinski definition) is 1. The van der Waals surface area contributed by atoms with E-state index in [1.165, 1.54) is 36.1 Å². The molecule has 4 heterocycles. The van der Waals surface area contributed by atoms with Gasteiger partial charge in [0.1, 0.15) is 0 Å². The topological polar surface area (TPSA) is 98.3 Å². The molecule has 1 N–H and O–H groups in total. The molecule has 9 nitrogen and oxygen atoms in total. The molecule has 0 spiro atoms. The first-order valence-electron chi connectivity index (χ1n) is 9.39. The van der Waals surface area contributed by atoms with Crippen LogP contribution in [0.25, 0.3) is 0 Å². The van der Waals surface area contributed by atoms with E-state index in [9.17, 15) is 8.42 Å². The van der Waals surface area contributed by atoms with Gasteiger partial charge in [-0.15, -0.1) is 10.2 Å². The summed E-state index contributed by atoms with van der Waals surface area (Å²) in [5.74, 6) is 1.72. The van der Waals surface area contributed by atoms with Gasteiger partial charge >= 0.3 is 0 Å². The zero-order chi connectivity index (χ0) is 18.9. The predicted octanol–water partition coefficient (Wildman–Crippen LogP) is 1.09. The molecule has 0 aromatic carbocycles. The second-order valence-electron chi connectivity index (χ2n) is 7.09. The maximum Gasteiger partial charge on any atom is 0.260 e. The first kappa shape index (κ1) is 18.2. The molecule has 2 aromatic rings. The summed E-state index contributed by atoms with van der Waals surface area (Å²) in [4.78, 5) is 10.9. The van der Waals surface area contributed by atoms with Crippen molar-refractivity contribution < 1.29 is 8.42 Å². The van der Waals surface area contributed by atoms with Crippen LogP contribution in [0.15, 0.2) is 29.7 Å². The molecule has 2 aromatic heterocycles. The lowest BCUT2D eigenvalue weighted by atomic mass is 10.0. The summed E-state index contributed by atoms with van der Waals surface area (Å²) in [6.45, 7) is 5.25. The molecule has 2 aliphatic rings. The Kier molecular flexibility index (Phi) is 5.00. The molecule has 1 unspecified atom stereocenters. The quantitative estimate of drug-likeness (QED) is 0.833. The van der Waals surface area contributed by atoms with Crippen LogP contribution in [0.4, 0.5) is 11.6 Å². The maximum absolute atomic E-state index is 12.5. The second kappa shape index (κ2) is 7.43. The van der Waals surface area contributed by atoms with Crippen molar-refractivity contribution in [3.8, 4) is 0 Å². The van der Waals surface area contributed by atoms with Crippen molar-refractivity contribution >= 4 is 21.7 Å². The average molecular weight is 392 g/mol. The molecule has 0 saturated carbocycles. The van der Waals surface area contributed by atoms with Crippen LogP contribution in [0.3, 0.4) is 0 Å². The van der Waals surface area contributed by atoms with E-state index in [2.05, 4.69) is 36.9 Å². The monoisotopic (exact) mass is 391 g/mol. The molecular weight excluding hydrogens is 366 g/mol. The largest absolute Gasteiger partial charge is 0.352 e. The van der Waals surface area contributed by atoms with E-state index in [1.54, 1.807) is 0 Å². The Bertz CT molecular complexity index is 846. The Morgan fingerprint density at radius 3 is 2.41 bits per heavy atom. The number of H-pyrrole nitrogens is 1. The molecule has 0 aliphatic carbocycles. The Hall–Kier alpha value is -2.20. The number of aromatic nitrogens is 4. The zero-order valence-electron chi connectivity index (χ0n) is 15.5. The maximum atomic E-state index is 12.5. The molecule has 27 heavy (non-hydrogen) atoms. The third-order valence-electron chi connectivity index (χ3n) is 5.39. The Morgan fingerprint density at radius 1 is 1.04 bits per heavy atom. The number of anilines is 2. The lowest BCUT2D eigenvalue weighted by Gasteiger charge is -2.35. The molecule has 4 rings (SSSR count). The van der Waals surface area contributed by atoms with Crippen LogP contribution in [0.1, 0.15) is 26.2 Å². The fourth-order valence-corrected chi connectivity index (χ4v) is 5.08. The van der Waals surface area contributed by atoms with Crippen molar-refractivity contribution in [2.24, 2.45) is 0 Å². The van der Waals surface area contributed by atoms with E-state index >= 15 is 0 Å². The molecule has 10 heteroatoms. The highest BCUT2D eigenvalue weighted by atomic mass is 32.2. The first-order valence-corrected chi connectivity index (χ1v) is 10.8. The first-order chi connectivity index (χ1) is 13.1. The highest BCUT2D eigenvalue weighted by Crippen LogP contribution is 2.24. The van der Waals surface area contributed by atoms with E-state index in [4.69, 9.17) is 0 Å². The van der Waals surface area contributed by atoms with Gasteiger partial charge in [-0.05, 0) is 38.3 Å². The van der Waals surface area contributed by atoms with Gasteiger partial charge in [0, 0.05) is 38.8 Å². The number of imidazole rings is 1. The minimum atomic E-state index is -3.51. The van der Waals surface area contributed by atoms with Crippen LogP contribution < -0.4 is 9.80 Å². The van der Waals surface area contributed by atoms with Crippen molar-refractivity contribution in [3.05, 3.63) is 24.7 Å². The summed E-state index contributed by atoms with van der Waals surface area (Å²) >= 11 is 0. The molecule has 0 amide bonds. The smallest absolute Gasteiger partial charge is 0.260 e. The number of rotatable bonds is 4. The highest BCUT2D eigenvalue weighted by Gasteiger charge is 2.30. The van der Waals surface area contributed by atoms with E-state index in [0.717, 1.165) is 18.2 Å². The van der Waals surface area contributed by atoms with Gasteiger partial charge in [-0.1, -0.05) is 0 Å². The van der Waals surface area contributed by atoms with Crippen molar-refractivity contribution in [1.82, 2.24) is 24.5 Å². The molecule has 2 saturated heterocycles. The van der Waals surface area contributed by atoms with Crippen molar-refractivity contribution in [2.75, 3.05) is 42.5 Å². The summed E-state index contributed by atoms with van der Waals surface area (Å²) in [6.07, 6.45) is 6.38. The van der Waals surface area contributed by atoms with Gasteiger partial charge in [0.05, 0.1) is 12.5 Å². The number of nitrogens with one attached hydrogen (secondary N) is 1. The van der Waals surface area contributed by atoms with Gasteiger partial charge in [0.2, 0.25) is 0 Å². The van der Waals surface area contributed by atoms with E-state index in [0.29, 0.717) is 32.2 Å². The Labute approximate surface area is 159 Å². The number of hydrogen-bond acceptors (Lipinski definition) is 7. The Morgan fingerprint density at radius 2 is 1.78 bits per heavy atom. The van der Waals surface area contributed by atoms with Gasteiger partial charge in [-0.2, -0.15) is 4.31 Å². The lowest BCUT2D eigenvalue weighted by Crippen LogP contribution is -2.49. The van der Waals surface area contributed by atoms with Crippen LogP contribution in [0.2, 0.25) is 0 Å². The van der Waals surface area contributed by atoms with E-state index in [1.807, 2.05) is 12.1 Å². The van der Waals surface area contributed by atoms with Gasteiger partial charge in [0.15, 0.2) is 16.7 Å². The second-order valence-corrected chi connectivity index (χ2v) is 9.00. The summed E-state index contributed by atoms with van der Waals surface area (Å²) in [7, 11) is -3.51. The standard InChI is InChI=1S/C17H25N7O2S/c1-14-4-2-3-7-24(14)16-6-5-15(20-21-16)22-8-10-23(11-9-22)27(25,26)17-12-18-13-19-17/h5-6,12-14H,2-4,7-11H2,1H3,(H,18,19). The summed E-state index contributed by atoms with van der Waals surface area (Å²) in [5, 5.41) is 8.96. The fraction of sp³-hybridized carbons (Fsp3) is 0.588. The van der Waals surface area contributed by atoms with E-state index < -0.39 is 10.0 Å². The number of aromatic amines is 1. The van der Waals surface area contributed by atoms with Crippen LogP contribution >= 0.6 is 0 Å². The number of piperidine rings is 1. The molecule has 2 fully saturated rings. The SMILES string of the molecule is CC1CCCCN1c1ccc(N2CCN(S(=O)(=O)c3cnc[nH]3)CC2)nn1. The van der Waals surface area contributed by atoms with Crippen molar-refractivity contribution in [1.29, 1.82) is 0 Å². The number of piperazine rings is 1. The van der Waals surface area contributed by atoms with Gasteiger partial charge < -0.3 is 14.8 Å². The lowest BCUT2D eigenvalue weighted by molar-refractivity contribution is 0.382. The summed E-state index contributed by atoms with van der Waals surface area (Å²) < 4.78 is 26.6. The minimum absolute atomic E-state index is 0.135. The van der Waals surface area contributed by atoms with Crippen molar-refractivity contribution in [2.45, 2.75) is 37.3 Å². The minimum Gasteiger partial charge on any atom is -0.352 e. The van der Waals surface area contributed by atoms with Gasteiger partial charge in [-0.3, -0.25) is 0 Å². The summed E-state index contributed by atoms with van der Waals surface area (Å²) in [6, 6.07) is 4.51. The molecule has 0 radical (unpaired) electrons. The number of nitrogens with zero attached hydrogens (tertiary/aromatic N) is 6. The molecular formula is C17H25N7O2S. The molecule has 1 atom stereocenters. The van der Waals surface area contributed by atoms with E-state index in [-0.39, 0.29) is 5.03 Å². The normalized spacial score (nSPS) is 22.2. The average Bonchev–Trinajstić information content (AvgIpc) is 3.24. The molecule has 0 bridgehead atoms.